The second-order valence-corrected chi connectivity index (χ2v) is 6.43. The normalized spacial score (nSPS) is 13.2. The molecular formula is C20H26N2O4. The number of hydrogen-bond acceptors (Lipinski definition) is 4. The molecule has 0 spiro atoms. The number of carbonyl (C=O) groups excluding carboxylic acids is 2. The highest BCUT2D eigenvalue weighted by molar-refractivity contribution is 5.97. The minimum Gasteiger partial charge on any atom is -0.448 e. The first kappa shape index (κ1) is 19.7. The zero-order chi connectivity index (χ0) is 19.4. The van der Waals surface area contributed by atoms with Gasteiger partial charge in [-0.1, -0.05) is 19.1 Å². The number of anilines is 1. The van der Waals surface area contributed by atoms with Gasteiger partial charge in [0.2, 0.25) is 0 Å². The summed E-state index contributed by atoms with van der Waals surface area (Å²) < 4.78 is 5.28. The van der Waals surface area contributed by atoms with Crippen molar-refractivity contribution in [2.45, 2.75) is 53.2 Å². The van der Waals surface area contributed by atoms with Crippen LogP contribution in [0, 0.1) is 13.8 Å². The molecule has 0 saturated heterocycles. The molecule has 2 rings (SSSR count). The number of aromatic amines is 1. The molecule has 2 atom stereocenters. The molecule has 1 aromatic heterocycles. The van der Waals surface area contributed by atoms with E-state index in [1.807, 2.05) is 24.3 Å². The van der Waals surface area contributed by atoms with Gasteiger partial charge in [-0.2, -0.15) is 0 Å². The largest absolute Gasteiger partial charge is 0.448 e. The molecule has 0 saturated carbocycles. The minimum atomic E-state index is -0.952. The van der Waals surface area contributed by atoms with Crippen LogP contribution in [0.2, 0.25) is 0 Å². The van der Waals surface area contributed by atoms with Crippen molar-refractivity contribution in [3.63, 3.8) is 0 Å². The van der Waals surface area contributed by atoms with Gasteiger partial charge >= 0.3 is 5.97 Å². The number of H-pyrrole nitrogens is 1. The average Bonchev–Trinajstić information content (AvgIpc) is 2.90. The van der Waals surface area contributed by atoms with Gasteiger partial charge in [-0.15, -0.1) is 0 Å². The quantitative estimate of drug-likeness (QED) is 0.690. The van der Waals surface area contributed by atoms with Crippen LogP contribution >= 0.6 is 0 Å². The summed E-state index contributed by atoms with van der Waals surface area (Å²) in [6.45, 7) is 8.74. The highest BCUT2D eigenvalue weighted by atomic mass is 16.5. The van der Waals surface area contributed by atoms with Gasteiger partial charge in [-0.3, -0.25) is 4.79 Å². The summed E-state index contributed by atoms with van der Waals surface area (Å²) in [5, 5.41) is 12.5. The van der Waals surface area contributed by atoms with Crippen LogP contribution in [0.25, 0.3) is 0 Å². The Morgan fingerprint density at radius 1 is 1.19 bits per heavy atom. The summed E-state index contributed by atoms with van der Waals surface area (Å²) in [5.41, 5.74) is 4.09. The second-order valence-electron chi connectivity index (χ2n) is 6.43. The van der Waals surface area contributed by atoms with Crippen molar-refractivity contribution in [2.75, 3.05) is 5.32 Å². The molecule has 0 aliphatic rings. The second kappa shape index (κ2) is 8.19. The Morgan fingerprint density at radius 2 is 1.81 bits per heavy atom. The molecule has 1 amide bonds. The number of rotatable bonds is 6. The molecule has 0 radical (unpaired) electrons. The van der Waals surface area contributed by atoms with Gasteiger partial charge in [0.15, 0.2) is 6.10 Å². The molecule has 140 valence electrons. The van der Waals surface area contributed by atoms with E-state index in [1.165, 1.54) is 12.5 Å². The van der Waals surface area contributed by atoms with Crippen LogP contribution in [0.1, 0.15) is 59.7 Å². The minimum absolute atomic E-state index is 0.255. The van der Waals surface area contributed by atoms with Gasteiger partial charge in [-0.05, 0) is 57.4 Å². The Bertz CT molecular complexity index is 791. The Hall–Kier alpha value is -2.60. The van der Waals surface area contributed by atoms with Crippen LogP contribution in [0.15, 0.2) is 24.3 Å². The molecule has 0 aliphatic carbocycles. The molecule has 1 heterocycles. The maximum atomic E-state index is 12.4. The van der Waals surface area contributed by atoms with Crippen molar-refractivity contribution in [1.82, 2.24) is 4.98 Å². The molecule has 0 aliphatic heterocycles. The van der Waals surface area contributed by atoms with E-state index < -0.39 is 24.1 Å². The van der Waals surface area contributed by atoms with E-state index >= 15 is 0 Å². The first-order valence-corrected chi connectivity index (χ1v) is 8.72. The van der Waals surface area contributed by atoms with Crippen molar-refractivity contribution < 1.29 is 19.4 Å². The van der Waals surface area contributed by atoms with Crippen molar-refractivity contribution in [3.8, 4) is 0 Å². The number of hydrogen-bond donors (Lipinski definition) is 3. The van der Waals surface area contributed by atoms with E-state index in [2.05, 4.69) is 17.2 Å². The van der Waals surface area contributed by atoms with E-state index in [4.69, 9.17) is 4.74 Å². The van der Waals surface area contributed by atoms with Gasteiger partial charge in [0.25, 0.3) is 5.91 Å². The van der Waals surface area contributed by atoms with Gasteiger partial charge in [0.05, 0.1) is 6.10 Å². The number of ether oxygens (including phenoxy) is 1. The van der Waals surface area contributed by atoms with Crippen LogP contribution in [0.4, 0.5) is 5.69 Å². The monoisotopic (exact) mass is 358 g/mol. The first-order valence-electron chi connectivity index (χ1n) is 8.72. The van der Waals surface area contributed by atoms with Crippen molar-refractivity contribution >= 4 is 17.6 Å². The lowest BCUT2D eigenvalue weighted by Gasteiger charge is -2.14. The molecule has 2 aromatic rings. The number of aliphatic hydroxyl groups excluding tert-OH is 1. The average molecular weight is 358 g/mol. The molecule has 0 bridgehead atoms. The van der Waals surface area contributed by atoms with Crippen molar-refractivity contribution in [3.05, 3.63) is 52.3 Å². The van der Waals surface area contributed by atoms with Crippen LogP contribution in [0.3, 0.4) is 0 Å². The molecular weight excluding hydrogens is 332 g/mol. The van der Waals surface area contributed by atoms with E-state index in [0.717, 1.165) is 6.42 Å². The topological polar surface area (TPSA) is 91.4 Å². The van der Waals surface area contributed by atoms with Gasteiger partial charge in [0.1, 0.15) is 5.69 Å². The number of carbonyl (C=O) groups is 2. The smallest absolute Gasteiger partial charge is 0.355 e. The molecule has 26 heavy (non-hydrogen) atoms. The van der Waals surface area contributed by atoms with E-state index in [1.54, 1.807) is 20.8 Å². The Balaban J connectivity index is 2.04. The fourth-order valence-corrected chi connectivity index (χ4v) is 2.94. The highest BCUT2D eigenvalue weighted by Gasteiger charge is 2.24. The fourth-order valence-electron chi connectivity index (χ4n) is 2.94. The Labute approximate surface area is 153 Å². The lowest BCUT2D eigenvalue weighted by atomic mass is 10.1. The maximum Gasteiger partial charge on any atom is 0.355 e. The maximum absolute atomic E-state index is 12.4. The molecule has 0 unspecified atom stereocenters. The summed E-state index contributed by atoms with van der Waals surface area (Å²) >= 11 is 0. The van der Waals surface area contributed by atoms with Crippen molar-refractivity contribution in [2.24, 2.45) is 0 Å². The fraction of sp³-hybridized carbons (Fsp3) is 0.400. The van der Waals surface area contributed by atoms with Crippen LogP contribution in [-0.2, 0) is 16.0 Å². The van der Waals surface area contributed by atoms with Crippen LogP contribution in [-0.4, -0.2) is 28.1 Å². The zero-order valence-corrected chi connectivity index (χ0v) is 15.8. The van der Waals surface area contributed by atoms with Gasteiger partial charge < -0.3 is 20.1 Å². The predicted octanol–water partition coefficient (Wildman–Crippen LogP) is 3.43. The lowest BCUT2D eigenvalue weighted by Crippen LogP contribution is -2.30. The first-order chi connectivity index (χ1) is 12.2. The summed E-state index contributed by atoms with van der Waals surface area (Å²) in [7, 11) is 0. The molecule has 1 aromatic carbocycles. The van der Waals surface area contributed by atoms with Crippen LogP contribution in [0.5, 0.6) is 0 Å². The molecule has 6 heteroatoms. The predicted molar refractivity (Wildman–Crippen MR) is 100 cm³/mol. The van der Waals surface area contributed by atoms with E-state index in [9.17, 15) is 14.7 Å². The number of nitrogens with one attached hydrogen (secondary N) is 2. The Morgan fingerprint density at radius 3 is 2.31 bits per heavy atom. The third kappa shape index (κ3) is 4.32. The summed E-state index contributed by atoms with van der Waals surface area (Å²) in [6.07, 6.45) is -0.725. The van der Waals surface area contributed by atoms with Crippen molar-refractivity contribution in [1.29, 1.82) is 0 Å². The molecule has 3 N–H and O–H groups in total. The Kier molecular flexibility index (Phi) is 6.21. The number of aryl methyl sites for hydroxylation is 2. The molecule has 0 fully saturated rings. The third-order valence-corrected chi connectivity index (χ3v) is 4.40. The number of amides is 1. The lowest BCUT2D eigenvalue weighted by molar-refractivity contribution is -0.123. The number of aromatic nitrogens is 1. The standard InChI is InChI=1S/C20H26N2O4/c1-6-15-7-9-16(10-8-15)22-19(24)14(5)26-20(25)18-11(2)17(13(4)23)12(3)21-18/h7-10,13-14,21,23H,6H2,1-5H3,(H,22,24)/t13-,14-/m0/s1. The zero-order valence-electron chi connectivity index (χ0n) is 15.8. The number of esters is 1. The molecule has 6 nitrogen and oxygen atoms in total. The summed E-state index contributed by atoms with van der Waals surface area (Å²) in [4.78, 5) is 27.6. The summed E-state index contributed by atoms with van der Waals surface area (Å²) in [5.74, 6) is -1.03. The van der Waals surface area contributed by atoms with E-state index in [0.29, 0.717) is 22.5 Å². The number of benzene rings is 1. The summed E-state index contributed by atoms with van der Waals surface area (Å²) in [6, 6.07) is 7.52. The number of aliphatic hydroxyl groups is 1. The van der Waals surface area contributed by atoms with Gasteiger partial charge in [0, 0.05) is 16.9 Å². The van der Waals surface area contributed by atoms with Gasteiger partial charge in [-0.25, -0.2) is 4.79 Å². The van der Waals surface area contributed by atoms with Crippen LogP contribution < -0.4 is 5.32 Å². The highest BCUT2D eigenvalue weighted by Crippen LogP contribution is 2.25. The van der Waals surface area contributed by atoms with E-state index in [-0.39, 0.29) is 5.69 Å². The third-order valence-electron chi connectivity index (χ3n) is 4.40. The SMILES string of the molecule is CCc1ccc(NC(=O)[C@H](C)OC(=O)c2[nH]c(C)c([C@H](C)O)c2C)cc1.